The molecule has 3 rings (SSSR count). The molecule has 9 nitrogen and oxygen atoms in total. The zero-order valence-corrected chi connectivity index (χ0v) is 14.9. The molecule has 0 amide bonds. The highest BCUT2D eigenvalue weighted by molar-refractivity contribution is 7.92. The molecule has 3 atom stereocenters. The molecule has 0 aliphatic carbocycles. The summed E-state index contributed by atoms with van der Waals surface area (Å²) in [5.41, 5.74) is -1.89. The maximum absolute atomic E-state index is 12.7. The second kappa shape index (κ2) is 6.06. The number of hydrogen-bond acceptors (Lipinski definition) is 8. The fraction of sp³-hybridized carbons (Fsp3) is 0.438. The number of ether oxygens (including phenoxy) is 1. The largest absolute Gasteiger partial charge is 0.466 e. The quantitative estimate of drug-likeness (QED) is 0.441. The van der Waals surface area contributed by atoms with E-state index in [1.807, 2.05) is 0 Å². The van der Waals surface area contributed by atoms with Gasteiger partial charge in [0.25, 0.3) is 5.69 Å². The Morgan fingerprint density at radius 1 is 1.42 bits per heavy atom. The summed E-state index contributed by atoms with van der Waals surface area (Å²) in [4.78, 5) is 23.2. The molecule has 1 aromatic rings. The molecule has 0 spiro atoms. The molecule has 0 aromatic heterocycles. The first-order valence-corrected chi connectivity index (χ1v) is 9.58. The van der Waals surface area contributed by atoms with Crippen LogP contribution in [-0.2, 0) is 19.4 Å². The van der Waals surface area contributed by atoms with E-state index in [1.54, 1.807) is 0 Å². The van der Waals surface area contributed by atoms with E-state index in [9.17, 15) is 28.4 Å². The maximum Gasteiger partial charge on any atom is 0.336 e. The van der Waals surface area contributed by atoms with Crippen LogP contribution in [0.1, 0.15) is 24.8 Å². The molecule has 1 saturated heterocycles. The van der Waals surface area contributed by atoms with Crippen molar-refractivity contribution >= 4 is 21.5 Å². The number of hydrogen-bond donors (Lipinski definition) is 2. The smallest absolute Gasteiger partial charge is 0.336 e. The van der Waals surface area contributed by atoms with Gasteiger partial charge in [-0.15, -0.1) is 0 Å². The van der Waals surface area contributed by atoms with Gasteiger partial charge in [-0.05, 0) is 6.92 Å². The number of aliphatic hydroxyl groups is 1. The van der Waals surface area contributed by atoms with E-state index in [0.717, 1.165) is 7.11 Å². The van der Waals surface area contributed by atoms with Gasteiger partial charge in [-0.25, -0.2) is 13.2 Å². The third kappa shape index (κ3) is 2.65. The second-order valence-corrected chi connectivity index (χ2v) is 8.65. The standard InChI is InChI=1S/C16H18N2O7S/c1-9-12(15(19)25-2)13(10-5-3-4-6-11(10)18(21)22)14-16(20,17-9)7-8-26(14,23)24/h3-6,13-14,17,20H,7-8H2,1-2H3. The van der Waals surface area contributed by atoms with Crippen LogP contribution < -0.4 is 5.32 Å². The Hall–Kier alpha value is -2.46. The molecule has 0 saturated carbocycles. The first-order chi connectivity index (χ1) is 12.1. The molecule has 3 unspecified atom stereocenters. The van der Waals surface area contributed by atoms with E-state index in [4.69, 9.17) is 4.74 Å². The predicted octanol–water partition coefficient (Wildman–Crippen LogP) is 0.604. The second-order valence-electron chi connectivity index (χ2n) is 6.41. The highest BCUT2D eigenvalue weighted by Gasteiger charge is 2.60. The van der Waals surface area contributed by atoms with Crippen molar-refractivity contribution in [1.29, 1.82) is 0 Å². The van der Waals surface area contributed by atoms with Crippen molar-refractivity contribution in [2.45, 2.75) is 30.2 Å². The molecular formula is C16H18N2O7S. The van der Waals surface area contributed by atoms with Gasteiger partial charge in [-0.2, -0.15) is 0 Å². The highest BCUT2D eigenvalue weighted by atomic mass is 32.2. The van der Waals surface area contributed by atoms with E-state index in [-0.39, 0.29) is 34.7 Å². The van der Waals surface area contributed by atoms with Gasteiger partial charge in [0.15, 0.2) is 15.6 Å². The lowest BCUT2D eigenvalue weighted by Gasteiger charge is -2.41. The fourth-order valence-electron chi connectivity index (χ4n) is 3.88. The number of fused-ring (bicyclic) bond motifs is 1. The number of nitro groups is 1. The Kier molecular flexibility index (Phi) is 4.27. The minimum absolute atomic E-state index is 0.0399. The van der Waals surface area contributed by atoms with E-state index in [1.165, 1.54) is 31.2 Å². The number of carbonyl (C=O) groups excluding carboxylic acids is 1. The fourth-order valence-corrected chi connectivity index (χ4v) is 6.20. The number of nitro benzene ring substituents is 1. The molecule has 2 aliphatic heterocycles. The van der Waals surface area contributed by atoms with E-state index >= 15 is 0 Å². The average molecular weight is 382 g/mol. The average Bonchev–Trinajstić information content (AvgIpc) is 2.82. The number of esters is 1. The molecule has 140 valence electrons. The third-order valence-corrected chi connectivity index (χ3v) is 7.13. The number of methoxy groups -OCH3 is 1. The molecule has 1 aromatic carbocycles. The Morgan fingerprint density at radius 3 is 2.69 bits per heavy atom. The van der Waals surface area contributed by atoms with Crippen molar-refractivity contribution in [2.75, 3.05) is 12.9 Å². The molecule has 2 N–H and O–H groups in total. The zero-order valence-electron chi connectivity index (χ0n) is 14.1. The first kappa shape index (κ1) is 18.3. The van der Waals surface area contributed by atoms with Crippen LogP contribution in [0.15, 0.2) is 35.5 Å². The molecule has 2 heterocycles. The summed E-state index contributed by atoms with van der Waals surface area (Å²) in [6.45, 7) is 1.51. The number of carbonyl (C=O) groups is 1. The van der Waals surface area contributed by atoms with Gasteiger partial charge in [-0.3, -0.25) is 10.1 Å². The number of sulfone groups is 1. The number of nitrogens with one attached hydrogen (secondary N) is 1. The molecule has 1 fully saturated rings. The van der Waals surface area contributed by atoms with Crippen LogP contribution in [0, 0.1) is 10.1 Å². The van der Waals surface area contributed by atoms with Crippen molar-refractivity contribution in [3.8, 4) is 0 Å². The van der Waals surface area contributed by atoms with Gasteiger partial charge < -0.3 is 15.2 Å². The van der Waals surface area contributed by atoms with Crippen LogP contribution in [0.25, 0.3) is 0 Å². The SMILES string of the molecule is COC(=O)C1=C(C)NC2(O)CCS(=O)(=O)C2C1c1ccccc1[N+](=O)[O-]. The number of rotatable bonds is 3. The van der Waals surface area contributed by atoms with Crippen molar-refractivity contribution in [3.63, 3.8) is 0 Å². The topological polar surface area (TPSA) is 136 Å². The summed E-state index contributed by atoms with van der Waals surface area (Å²) >= 11 is 0. The van der Waals surface area contributed by atoms with Crippen LogP contribution >= 0.6 is 0 Å². The number of benzene rings is 1. The van der Waals surface area contributed by atoms with Gasteiger partial charge in [0.05, 0.1) is 23.4 Å². The van der Waals surface area contributed by atoms with Crippen LogP contribution in [-0.4, -0.2) is 48.3 Å². The zero-order chi connectivity index (χ0) is 19.3. The van der Waals surface area contributed by atoms with E-state index in [2.05, 4.69) is 5.32 Å². The lowest BCUT2D eigenvalue weighted by molar-refractivity contribution is -0.385. The minimum atomic E-state index is -3.82. The Morgan fingerprint density at radius 2 is 2.08 bits per heavy atom. The van der Waals surface area contributed by atoms with Crippen LogP contribution in [0.4, 0.5) is 5.69 Å². The van der Waals surface area contributed by atoms with Crippen molar-refractivity contribution in [3.05, 3.63) is 51.2 Å². The van der Waals surface area contributed by atoms with Crippen LogP contribution in [0.3, 0.4) is 0 Å². The lowest BCUT2D eigenvalue weighted by atomic mass is 9.78. The number of allylic oxidation sites excluding steroid dienone is 1. The normalized spacial score (nSPS) is 29.7. The molecule has 10 heteroatoms. The summed E-state index contributed by atoms with van der Waals surface area (Å²) in [5, 5.41) is 23.6. The van der Waals surface area contributed by atoms with Crippen molar-refractivity contribution in [1.82, 2.24) is 5.32 Å². The molecule has 0 radical (unpaired) electrons. The van der Waals surface area contributed by atoms with Crippen LogP contribution in [0.5, 0.6) is 0 Å². The molecular weight excluding hydrogens is 364 g/mol. The Balaban J connectivity index is 2.34. The summed E-state index contributed by atoms with van der Waals surface area (Å²) in [5.74, 6) is -2.31. The summed E-state index contributed by atoms with van der Waals surface area (Å²) in [6.07, 6.45) is -0.0804. The van der Waals surface area contributed by atoms with Gasteiger partial charge >= 0.3 is 5.97 Å². The minimum Gasteiger partial charge on any atom is -0.466 e. The first-order valence-electron chi connectivity index (χ1n) is 7.87. The van der Waals surface area contributed by atoms with Gasteiger partial charge in [0, 0.05) is 29.7 Å². The van der Waals surface area contributed by atoms with E-state index < -0.39 is 37.6 Å². The Labute approximate surface area is 149 Å². The van der Waals surface area contributed by atoms with Crippen molar-refractivity contribution < 1.29 is 28.0 Å². The predicted molar refractivity (Wildman–Crippen MR) is 90.8 cm³/mol. The highest BCUT2D eigenvalue weighted by Crippen LogP contribution is 2.48. The molecule has 26 heavy (non-hydrogen) atoms. The Bertz CT molecular complexity index is 924. The summed E-state index contributed by atoms with van der Waals surface area (Å²) in [6, 6.07) is 5.61. The van der Waals surface area contributed by atoms with Gasteiger partial charge in [0.1, 0.15) is 5.25 Å². The van der Waals surface area contributed by atoms with Crippen LogP contribution in [0.2, 0.25) is 0 Å². The summed E-state index contributed by atoms with van der Waals surface area (Å²) < 4.78 is 30.1. The molecule has 0 bridgehead atoms. The van der Waals surface area contributed by atoms with E-state index in [0.29, 0.717) is 0 Å². The van der Waals surface area contributed by atoms with Crippen molar-refractivity contribution in [2.24, 2.45) is 0 Å². The van der Waals surface area contributed by atoms with Gasteiger partial charge in [-0.1, -0.05) is 18.2 Å². The van der Waals surface area contributed by atoms with Gasteiger partial charge in [0.2, 0.25) is 0 Å². The third-order valence-electron chi connectivity index (χ3n) is 4.92. The lowest BCUT2D eigenvalue weighted by Crippen LogP contribution is -2.58. The monoisotopic (exact) mass is 382 g/mol. The summed E-state index contributed by atoms with van der Waals surface area (Å²) in [7, 11) is -2.68. The maximum atomic E-state index is 12.7. The number of nitrogens with zero attached hydrogens (tertiary/aromatic N) is 1. The molecule has 2 aliphatic rings. The number of para-hydroxylation sites is 1.